The van der Waals surface area contributed by atoms with Gasteiger partial charge in [-0.25, -0.2) is 4.39 Å². The highest BCUT2D eigenvalue weighted by atomic mass is 79.9. The van der Waals surface area contributed by atoms with Crippen molar-refractivity contribution >= 4 is 21.8 Å². The Kier molecular flexibility index (Phi) is 4.90. The Hall–Kier alpha value is -0.980. The molecule has 0 spiro atoms. The minimum atomic E-state index is -0.434. The number of halogens is 2. The van der Waals surface area contributed by atoms with Gasteiger partial charge in [0.2, 0.25) is 5.91 Å². The number of aliphatic hydroxyl groups is 1. The number of carbonyl (C=O) groups is 1. The SMILES string of the molecule is O=C(CO)N1CCN(Cc2cc(F)cc(Br)c2)CC1. The standard InChI is InChI=1S/C13H16BrFN2O2/c14-11-5-10(6-12(15)7-11)8-16-1-3-17(4-2-16)13(19)9-18/h5-7,18H,1-4,8-9H2. The molecular weight excluding hydrogens is 315 g/mol. The van der Waals surface area contributed by atoms with Crippen molar-refractivity contribution in [3.05, 3.63) is 34.1 Å². The second-order valence-electron chi connectivity index (χ2n) is 4.59. The van der Waals surface area contributed by atoms with Gasteiger partial charge in [-0.1, -0.05) is 15.9 Å². The van der Waals surface area contributed by atoms with Crippen molar-refractivity contribution in [1.29, 1.82) is 0 Å². The summed E-state index contributed by atoms with van der Waals surface area (Å²) in [5.41, 5.74) is 0.911. The van der Waals surface area contributed by atoms with Gasteiger partial charge in [-0.2, -0.15) is 0 Å². The number of amides is 1. The fraction of sp³-hybridized carbons (Fsp3) is 0.462. The molecule has 0 aromatic heterocycles. The van der Waals surface area contributed by atoms with E-state index in [1.54, 1.807) is 4.90 Å². The van der Waals surface area contributed by atoms with Crippen LogP contribution < -0.4 is 0 Å². The van der Waals surface area contributed by atoms with E-state index in [1.165, 1.54) is 12.1 Å². The van der Waals surface area contributed by atoms with Crippen LogP contribution >= 0.6 is 15.9 Å². The summed E-state index contributed by atoms with van der Waals surface area (Å²) in [6.07, 6.45) is 0. The average Bonchev–Trinajstić information content (AvgIpc) is 2.37. The van der Waals surface area contributed by atoms with Crippen LogP contribution in [-0.2, 0) is 11.3 Å². The highest BCUT2D eigenvalue weighted by Gasteiger charge is 2.20. The third kappa shape index (κ3) is 3.99. The van der Waals surface area contributed by atoms with E-state index < -0.39 is 6.61 Å². The molecule has 4 nitrogen and oxygen atoms in total. The van der Waals surface area contributed by atoms with Crippen LogP contribution in [0, 0.1) is 5.82 Å². The largest absolute Gasteiger partial charge is 0.387 e. The number of nitrogens with zero attached hydrogens (tertiary/aromatic N) is 2. The minimum Gasteiger partial charge on any atom is -0.387 e. The summed E-state index contributed by atoms with van der Waals surface area (Å²) < 4.78 is 14.0. The van der Waals surface area contributed by atoms with Crippen LogP contribution in [0.2, 0.25) is 0 Å². The lowest BCUT2D eigenvalue weighted by molar-refractivity contribution is -0.135. The molecule has 1 heterocycles. The predicted octanol–water partition coefficient (Wildman–Crippen LogP) is 1.22. The molecule has 1 amide bonds. The summed E-state index contributed by atoms with van der Waals surface area (Å²) in [7, 11) is 0. The Morgan fingerprint density at radius 2 is 1.95 bits per heavy atom. The average molecular weight is 331 g/mol. The first-order valence-corrected chi connectivity index (χ1v) is 6.94. The maximum absolute atomic E-state index is 13.3. The molecule has 6 heteroatoms. The molecule has 1 fully saturated rings. The Labute approximate surface area is 119 Å². The molecule has 1 aromatic carbocycles. The topological polar surface area (TPSA) is 43.8 Å². The normalized spacial score (nSPS) is 16.7. The first-order valence-electron chi connectivity index (χ1n) is 6.14. The van der Waals surface area contributed by atoms with Gasteiger partial charge >= 0.3 is 0 Å². The smallest absolute Gasteiger partial charge is 0.248 e. The van der Waals surface area contributed by atoms with E-state index in [0.717, 1.165) is 23.1 Å². The van der Waals surface area contributed by atoms with Gasteiger partial charge in [0.15, 0.2) is 0 Å². The molecule has 2 rings (SSSR count). The van der Waals surface area contributed by atoms with Gasteiger partial charge in [0.1, 0.15) is 12.4 Å². The molecule has 0 bridgehead atoms. The van der Waals surface area contributed by atoms with Crippen molar-refractivity contribution in [2.24, 2.45) is 0 Å². The zero-order chi connectivity index (χ0) is 13.8. The molecule has 104 valence electrons. The van der Waals surface area contributed by atoms with Crippen LogP contribution in [0.1, 0.15) is 5.56 Å². The lowest BCUT2D eigenvalue weighted by Gasteiger charge is -2.34. The number of hydrogen-bond acceptors (Lipinski definition) is 3. The fourth-order valence-corrected chi connectivity index (χ4v) is 2.73. The molecule has 1 aliphatic rings. The zero-order valence-electron chi connectivity index (χ0n) is 10.5. The zero-order valence-corrected chi connectivity index (χ0v) is 12.1. The van der Waals surface area contributed by atoms with Gasteiger partial charge in [0.05, 0.1) is 0 Å². The maximum Gasteiger partial charge on any atom is 0.248 e. The predicted molar refractivity (Wildman–Crippen MR) is 73.0 cm³/mol. The van der Waals surface area contributed by atoms with Gasteiger partial charge in [0, 0.05) is 37.2 Å². The lowest BCUT2D eigenvalue weighted by Crippen LogP contribution is -2.49. The van der Waals surface area contributed by atoms with Gasteiger partial charge in [0.25, 0.3) is 0 Å². The number of carbonyl (C=O) groups excluding carboxylic acids is 1. The molecule has 1 saturated heterocycles. The van der Waals surface area contributed by atoms with E-state index in [0.29, 0.717) is 19.6 Å². The first kappa shape index (κ1) is 14.4. The van der Waals surface area contributed by atoms with E-state index in [9.17, 15) is 9.18 Å². The van der Waals surface area contributed by atoms with Crippen molar-refractivity contribution in [3.8, 4) is 0 Å². The molecule has 0 aliphatic carbocycles. The van der Waals surface area contributed by atoms with Crippen LogP contribution in [0.4, 0.5) is 4.39 Å². The van der Waals surface area contributed by atoms with Crippen LogP contribution in [0.3, 0.4) is 0 Å². The summed E-state index contributed by atoms with van der Waals surface area (Å²) in [4.78, 5) is 15.1. The van der Waals surface area contributed by atoms with Crippen molar-refractivity contribution in [1.82, 2.24) is 9.80 Å². The number of benzene rings is 1. The Bertz CT molecular complexity index is 442. The van der Waals surface area contributed by atoms with Gasteiger partial charge < -0.3 is 10.0 Å². The number of hydrogen-bond donors (Lipinski definition) is 1. The molecule has 1 aromatic rings. The van der Waals surface area contributed by atoms with Gasteiger partial charge in [-0.15, -0.1) is 0 Å². The molecule has 0 radical (unpaired) electrons. The highest BCUT2D eigenvalue weighted by molar-refractivity contribution is 9.10. The fourth-order valence-electron chi connectivity index (χ4n) is 2.22. The van der Waals surface area contributed by atoms with Crippen molar-refractivity contribution in [2.45, 2.75) is 6.54 Å². The quantitative estimate of drug-likeness (QED) is 0.906. The summed E-state index contributed by atoms with van der Waals surface area (Å²) in [6.45, 7) is 2.92. The van der Waals surface area contributed by atoms with Gasteiger partial charge in [-0.3, -0.25) is 9.69 Å². The maximum atomic E-state index is 13.3. The number of piperazine rings is 1. The minimum absolute atomic E-state index is 0.229. The molecule has 0 saturated carbocycles. The second kappa shape index (κ2) is 6.45. The van der Waals surface area contributed by atoms with E-state index in [-0.39, 0.29) is 11.7 Å². The summed E-state index contributed by atoms with van der Waals surface area (Å²) in [5, 5.41) is 8.80. The molecule has 1 N–H and O–H groups in total. The molecule has 0 unspecified atom stereocenters. The second-order valence-corrected chi connectivity index (χ2v) is 5.51. The molecule has 0 atom stereocenters. The number of aliphatic hydroxyl groups excluding tert-OH is 1. The number of rotatable bonds is 3. The van der Waals surface area contributed by atoms with E-state index in [4.69, 9.17) is 5.11 Å². The van der Waals surface area contributed by atoms with Crippen LogP contribution in [-0.4, -0.2) is 53.6 Å². The molecule has 1 aliphatic heterocycles. The van der Waals surface area contributed by atoms with Crippen molar-refractivity contribution in [3.63, 3.8) is 0 Å². The van der Waals surface area contributed by atoms with E-state index in [2.05, 4.69) is 20.8 Å². The van der Waals surface area contributed by atoms with Crippen LogP contribution in [0.25, 0.3) is 0 Å². The summed E-state index contributed by atoms with van der Waals surface area (Å²) in [6, 6.07) is 4.85. The van der Waals surface area contributed by atoms with Crippen LogP contribution in [0.15, 0.2) is 22.7 Å². The van der Waals surface area contributed by atoms with E-state index in [1.807, 2.05) is 6.07 Å². The van der Waals surface area contributed by atoms with Crippen molar-refractivity contribution < 1.29 is 14.3 Å². The Balaban J connectivity index is 1.90. The van der Waals surface area contributed by atoms with Crippen LogP contribution in [0.5, 0.6) is 0 Å². The third-order valence-corrected chi connectivity index (χ3v) is 3.65. The summed E-state index contributed by atoms with van der Waals surface area (Å²) in [5.74, 6) is -0.480. The highest BCUT2D eigenvalue weighted by Crippen LogP contribution is 2.17. The third-order valence-electron chi connectivity index (χ3n) is 3.19. The van der Waals surface area contributed by atoms with Gasteiger partial charge in [-0.05, 0) is 23.8 Å². The Morgan fingerprint density at radius 1 is 1.26 bits per heavy atom. The molecular formula is C13H16BrFN2O2. The van der Waals surface area contributed by atoms with E-state index >= 15 is 0 Å². The van der Waals surface area contributed by atoms with Crippen molar-refractivity contribution in [2.75, 3.05) is 32.8 Å². The molecule has 19 heavy (non-hydrogen) atoms. The Morgan fingerprint density at radius 3 is 2.53 bits per heavy atom. The lowest BCUT2D eigenvalue weighted by atomic mass is 10.2. The summed E-state index contributed by atoms with van der Waals surface area (Å²) >= 11 is 3.28. The monoisotopic (exact) mass is 330 g/mol. The first-order chi connectivity index (χ1) is 9.08.